The number of esters is 1. The van der Waals surface area contributed by atoms with E-state index in [1.165, 1.54) is 7.11 Å². The van der Waals surface area contributed by atoms with E-state index >= 15 is 0 Å². The van der Waals surface area contributed by atoms with Gasteiger partial charge in [-0.05, 0) is 12.1 Å². The number of methoxy groups -OCH3 is 1. The molecule has 0 fully saturated rings. The minimum Gasteiger partial charge on any atom is -0.490 e. The lowest BCUT2D eigenvalue weighted by Gasteiger charge is -2.05. The van der Waals surface area contributed by atoms with Crippen molar-refractivity contribution in [1.29, 1.82) is 0 Å². The van der Waals surface area contributed by atoms with Crippen LogP contribution in [0.3, 0.4) is 0 Å². The second kappa shape index (κ2) is 5.07. The van der Waals surface area contributed by atoms with E-state index in [-0.39, 0.29) is 12.4 Å². The molecule has 0 aliphatic heterocycles. The third-order valence-electron chi connectivity index (χ3n) is 1.69. The maximum atomic E-state index is 11.1. The Kier molecular flexibility index (Phi) is 3.73. The number of hydrogen-bond acceptors (Lipinski definition) is 3. The van der Waals surface area contributed by atoms with E-state index in [9.17, 15) is 4.79 Å². The van der Waals surface area contributed by atoms with Gasteiger partial charge in [-0.1, -0.05) is 30.3 Å². The van der Waals surface area contributed by atoms with Crippen molar-refractivity contribution in [3.05, 3.63) is 48.2 Å². The van der Waals surface area contributed by atoms with E-state index in [4.69, 9.17) is 4.74 Å². The Hall–Kier alpha value is -1.77. The lowest BCUT2D eigenvalue weighted by atomic mass is 10.2. The van der Waals surface area contributed by atoms with E-state index in [0.717, 1.165) is 5.56 Å². The van der Waals surface area contributed by atoms with Gasteiger partial charge >= 0.3 is 5.97 Å². The lowest BCUT2D eigenvalue weighted by Crippen LogP contribution is -2.08. The smallest absolute Gasteiger partial charge is 0.373 e. The number of carbonyl (C=O) groups excluding carboxylic acids is 1. The predicted octanol–water partition coefficient (Wildman–Crippen LogP) is 1.89. The summed E-state index contributed by atoms with van der Waals surface area (Å²) in [5.74, 6) is -0.516. The van der Waals surface area contributed by atoms with Crippen LogP contribution in [0.15, 0.2) is 42.7 Å². The van der Waals surface area contributed by atoms with E-state index in [0.29, 0.717) is 0 Å². The van der Waals surface area contributed by atoms with E-state index in [2.05, 4.69) is 11.3 Å². The molecule has 3 nitrogen and oxygen atoms in total. The minimum absolute atomic E-state index is 0.0148. The van der Waals surface area contributed by atoms with Crippen LogP contribution < -0.4 is 0 Å². The summed E-state index contributed by atoms with van der Waals surface area (Å²) < 4.78 is 9.55. The third kappa shape index (κ3) is 2.94. The van der Waals surface area contributed by atoms with Crippen LogP contribution in [-0.4, -0.2) is 13.1 Å². The molecule has 0 amide bonds. The molecule has 0 aliphatic carbocycles. The molecule has 0 unspecified atom stereocenters. The van der Waals surface area contributed by atoms with Gasteiger partial charge in [-0.3, -0.25) is 0 Å². The molecule has 1 aromatic rings. The molecule has 0 spiro atoms. The Morgan fingerprint density at radius 3 is 2.57 bits per heavy atom. The van der Waals surface area contributed by atoms with Crippen LogP contribution in [0.2, 0.25) is 0 Å². The summed E-state index contributed by atoms with van der Waals surface area (Å²) in [6.07, 6.45) is 0. The molecule has 1 aromatic carbocycles. The molecule has 74 valence electrons. The topological polar surface area (TPSA) is 35.5 Å². The Balaban J connectivity index is 2.42. The summed E-state index contributed by atoms with van der Waals surface area (Å²) in [5, 5.41) is 0. The normalized spacial score (nSPS) is 9.21. The van der Waals surface area contributed by atoms with Crippen molar-refractivity contribution in [2.75, 3.05) is 7.11 Å². The van der Waals surface area contributed by atoms with Gasteiger partial charge in [-0.25, -0.2) is 4.79 Å². The Bertz CT molecular complexity index is 317. The van der Waals surface area contributed by atoms with Gasteiger partial charge in [0.25, 0.3) is 0 Å². The van der Waals surface area contributed by atoms with Crippen LogP contribution in [0.1, 0.15) is 5.56 Å². The van der Waals surface area contributed by atoms with Gasteiger partial charge in [-0.15, -0.1) is 0 Å². The highest BCUT2D eigenvalue weighted by atomic mass is 16.6. The summed E-state index contributed by atoms with van der Waals surface area (Å²) in [6.45, 7) is 3.63. The maximum Gasteiger partial charge on any atom is 0.373 e. The highest BCUT2D eigenvalue weighted by Gasteiger charge is 2.07. The van der Waals surface area contributed by atoms with Crippen molar-refractivity contribution < 1.29 is 14.3 Å². The summed E-state index contributed by atoms with van der Waals surface area (Å²) in [6, 6.07) is 9.42. The van der Waals surface area contributed by atoms with E-state index < -0.39 is 5.97 Å². The summed E-state index contributed by atoms with van der Waals surface area (Å²) in [4.78, 5) is 11.1. The van der Waals surface area contributed by atoms with Crippen molar-refractivity contribution in [3.63, 3.8) is 0 Å². The molecule has 1 rings (SSSR count). The van der Waals surface area contributed by atoms with Crippen LogP contribution in [-0.2, 0) is 20.9 Å². The van der Waals surface area contributed by atoms with Crippen molar-refractivity contribution in [3.8, 4) is 0 Å². The van der Waals surface area contributed by atoms with Crippen molar-refractivity contribution >= 4 is 5.97 Å². The molecule has 0 radical (unpaired) electrons. The molecule has 3 heteroatoms. The molecule has 0 heterocycles. The van der Waals surface area contributed by atoms with Crippen LogP contribution in [0.5, 0.6) is 0 Å². The second-order valence-corrected chi connectivity index (χ2v) is 2.69. The lowest BCUT2D eigenvalue weighted by molar-refractivity contribution is -0.143. The number of benzene rings is 1. The fourth-order valence-electron chi connectivity index (χ4n) is 0.887. The van der Waals surface area contributed by atoms with E-state index in [1.54, 1.807) is 0 Å². The van der Waals surface area contributed by atoms with Gasteiger partial charge in [0.2, 0.25) is 0 Å². The molecular weight excluding hydrogens is 180 g/mol. The van der Waals surface area contributed by atoms with Crippen molar-refractivity contribution in [2.45, 2.75) is 6.61 Å². The molecule has 0 N–H and O–H groups in total. The largest absolute Gasteiger partial charge is 0.490 e. The highest BCUT2D eigenvalue weighted by Crippen LogP contribution is 2.03. The Morgan fingerprint density at radius 2 is 2.00 bits per heavy atom. The zero-order valence-corrected chi connectivity index (χ0v) is 8.03. The predicted molar refractivity (Wildman–Crippen MR) is 52.4 cm³/mol. The number of ether oxygens (including phenoxy) is 2. The fourth-order valence-corrected chi connectivity index (χ4v) is 0.887. The first-order valence-corrected chi connectivity index (χ1v) is 4.18. The van der Waals surface area contributed by atoms with Gasteiger partial charge in [0.15, 0.2) is 5.76 Å². The average Bonchev–Trinajstić information content (AvgIpc) is 2.26. The fraction of sp³-hybridized carbons (Fsp3) is 0.182. The summed E-state index contributed by atoms with van der Waals surface area (Å²) in [7, 11) is 1.38. The Morgan fingerprint density at radius 1 is 1.36 bits per heavy atom. The molecule has 0 aliphatic rings. The van der Waals surface area contributed by atoms with Crippen LogP contribution in [0, 0.1) is 0 Å². The molecule has 0 bridgehead atoms. The minimum atomic E-state index is -0.531. The molecule has 0 aromatic heterocycles. The molecule has 0 atom stereocenters. The monoisotopic (exact) mass is 192 g/mol. The highest BCUT2D eigenvalue weighted by molar-refractivity contribution is 5.85. The number of hydrogen-bond donors (Lipinski definition) is 0. The van der Waals surface area contributed by atoms with Gasteiger partial charge in [0.05, 0.1) is 7.11 Å². The zero-order valence-electron chi connectivity index (χ0n) is 8.03. The summed E-state index contributed by atoms with van der Waals surface area (Å²) in [5.41, 5.74) is 0.935. The third-order valence-corrected chi connectivity index (χ3v) is 1.69. The van der Waals surface area contributed by atoms with Gasteiger partial charge in [0, 0.05) is 0 Å². The zero-order chi connectivity index (χ0) is 10.4. The van der Waals surface area contributed by atoms with Gasteiger partial charge in [0.1, 0.15) is 6.61 Å². The summed E-state index contributed by atoms with van der Waals surface area (Å²) >= 11 is 0. The Labute approximate surface area is 83.0 Å². The first-order valence-electron chi connectivity index (χ1n) is 4.18. The molecule has 0 saturated carbocycles. The standard InChI is InChI=1S/C11H12O3/c1-9(13-2)11(12)14-8-10-6-4-3-5-7-10/h3-7H,1,8H2,2H3. The molecular formula is C11H12O3. The van der Waals surface area contributed by atoms with Crippen molar-refractivity contribution in [1.82, 2.24) is 0 Å². The quantitative estimate of drug-likeness (QED) is 0.415. The molecule has 14 heavy (non-hydrogen) atoms. The SMILES string of the molecule is C=C(OC)C(=O)OCc1ccccc1. The second-order valence-electron chi connectivity index (χ2n) is 2.69. The van der Waals surface area contributed by atoms with Crippen LogP contribution in [0.25, 0.3) is 0 Å². The average molecular weight is 192 g/mol. The van der Waals surface area contributed by atoms with Crippen LogP contribution in [0.4, 0.5) is 0 Å². The molecule has 0 saturated heterocycles. The van der Waals surface area contributed by atoms with E-state index in [1.807, 2.05) is 30.3 Å². The maximum absolute atomic E-state index is 11.1. The number of rotatable bonds is 4. The van der Waals surface area contributed by atoms with Gasteiger partial charge < -0.3 is 9.47 Å². The van der Waals surface area contributed by atoms with Gasteiger partial charge in [-0.2, -0.15) is 0 Å². The van der Waals surface area contributed by atoms with Crippen molar-refractivity contribution in [2.24, 2.45) is 0 Å². The first-order chi connectivity index (χ1) is 6.74. The van der Waals surface area contributed by atoms with Crippen LogP contribution >= 0.6 is 0 Å². The first kappa shape index (κ1) is 10.3. The number of carbonyl (C=O) groups is 1.